The van der Waals surface area contributed by atoms with E-state index in [9.17, 15) is 9.90 Å². The van der Waals surface area contributed by atoms with E-state index in [1.54, 1.807) is 0 Å². The van der Waals surface area contributed by atoms with E-state index in [1.165, 1.54) is 0 Å². The number of aliphatic hydroxyl groups is 1. The van der Waals surface area contributed by atoms with E-state index in [4.69, 9.17) is 4.74 Å². The van der Waals surface area contributed by atoms with Gasteiger partial charge in [-0.1, -0.05) is 27.7 Å². The van der Waals surface area contributed by atoms with Crippen LogP contribution in [0.1, 0.15) is 60.3 Å². The average Bonchev–Trinajstić information content (AvgIpc) is 2.93. The zero-order valence-electron chi connectivity index (χ0n) is 12.2. The lowest BCUT2D eigenvalue weighted by Gasteiger charge is -2.49. The highest BCUT2D eigenvalue weighted by Gasteiger charge is 2.51. The SMILES string of the molecule is CC1(C(=O)OC2CC(C)(C)C(O)C(C)(C)C2)CC1. The van der Waals surface area contributed by atoms with Crippen molar-refractivity contribution in [2.45, 2.75) is 72.5 Å². The summed E-state index contributed by atoms with van der Waals surface area (Å²) in [5.41, 5.74) is -0.612. The van der Waals surface area contributed by atoms with E-state index in [0.29, 0.717) is 0 Å². The zero-order chi connectivity index (χ0) is 13.8. The predicted octanol–water partition coefficient (Wildman–Crippen LogP) is 2.91. The van der Waals surface area contributed by atoms with Crippen molar-refractivity contribution in [3.05, 3.63) is 0 Å². The van der Waals surface area contributed by atoms with Crippen LogP contribution in [0.3, 0.4) is 0 Å². The summed E-state index contributed by atoms with van der Waals surface area (Å²) in [6, 6.07) is 0. The number of rotatable bonds is 2. The third kappa shape index (κ3) is 2.42. The maximum absolute atomic E-state index is 12.0. The smallest absolute Gasteiger partial charge is 0.312 e. The third-order valence-electron chi connectivity index (χ3n) is 4.75. The molecule has 18 heavy (non-hydrogen) atoms. The minimum absolute atomic E-state index is 0.0458. The topological polar surface area (TPSA) is 46.5 Å². The first kappa shape index (κ1) is 13.9. The number of ether oxygens (including phenoxy) is 1. The molecule has 2 fully saturated rings. The van der Waals surface area contributed by atoms with E-state index in [2.05, 4.69) is 27.7 Å². The van der Waals surface area contributed by atoms with Crippen molar-refractivity contribution < 1.29 is 14.6 Å². The highest BCUT2D eigenvalue weighted by Crippen LogP contribution is 2.50. The van der Waals surface area contributed by atoms with Gasteiger partial charge in [0.1, 0.15) is 6.10 Å². The number of carbonyl (C=O) groups excluding carboxylic acids is 1. The minimum Gasteiger partial charge on any atom is -0.462 e. The number of aliphatic hydroxyl groups excluding tert-OH is 1. The van der Waals surface area contributed by atoms with Crippen LogP contribution in [0.5, 0.6) is 0 Å². The molecule has 2 rings (SSSR count). The van der Waals surface area contributed by atoms with E-state index in [1.807, 2.05) is 6.92 Å². The van der Waals surface area contributed by atoms with Gasteiger partial charge in [0.25, 0.3) is 0 Å². The van der Waals surface area contributed by atoms with E-state index in [-0.39, 0.29) is 34.4 Å². The Bertz CT molecular complexity index is 335. The second kappa shape index (κ2) is 3.96. The molecule has 0 aromatic rings. The van der Waals surface area contributed by atoms with Crippen LogP contribution in [0, 0.1) is 16.2 Å². The molecular weight excluding hydrogens is 228 g/mol. The molecule has 0 aromatic carbocycles. The number of carbonyl (C=O) groups is 1. The summed E-state index contributed by atoms with van der Waals surface area (Å²) in [5, 5.41) is 10.3. The fourth-order valence-corrected chi connectivity index (χ4v) is 3.30. The molecule has 104 valence electrons. The summed E-state index contributed by atoms with van der Waals surface area (Å²) in [6.07, 6.45) is 3.00. The molecule has 0 amide bonds. The normalized spacial score (nSPS) is 35.9. The monoisotopic (exact) mass is 254 g/mol. The Morgan fingerprint density at radius 3 is 1.89 bits per heavy atom. The van der Waals surface area contributed by atoms with Crippen molar-refractivity contribution in [1.29, 1.82) is 0 Å². The largest absolute Gasteiger partial charge is 0.462 e. The Balaban J connectivity index is 2.04. The molecule has 2 aliphatic carbocycles. The number of esters is 1. The molecule has 0 heterocycles. The van der Waals surface area contributed by atoms with Crippen LogP contribution < -0.4 is 0 Å². The lowest BCUT2D eigenvalue weighted by molar-refractivity contribution is -0.171. The number of hydrogen-bond acceptors (Lipinski definition) is 3. The Hall–Kier alpha value is -0.570. The molecule has 0 bridgehead atoms. The van der Waals surface area contributed by atoms with Gasteiger partial charge < -0.3 is 9.84 Å². The first-order valence-electron chi connectivity index (χ1n) is 6.96. The highest BCUT2D eigenvalue weighted by atomic mass is 16.5. The van der Waals surface area contributed by atoms with Crippen molar-refractivity contribution >= 4 is 5.97 Å². The second-order valence-electron chi connectivity index (χ2n) is 7.88. The first-order valence-corrected chi connectivity index (χ1v) is 6.96. The summed E-state index contributed by atoms with van der Waals surface area (Å²) in [6.45, 7) is 10.2. The standard InChI is InChI=1S/C15H26O3/c1-13(2)8-10(9-14(3,4)11(13)16)18-12(17)15(5)6-7-15/h10-11,16H,6-9H2,1-5H3. The maximum atomic E-state index is 12.0. The molecule has 0 unspecified atom stereocenters. The Morgan fingerprint density at radius 1 is 1.06 bits per heavy atom. The second-order valence-corrected chi connectivity index (χ2v) is 7.88. The van der Waals surface area contributed by atoms with Gasteiger partial charge in [-0.2, -0.15) is 0 Å². The van der Waals surface area contributed by atoms with Gasteiger partial charge in [-0.3, -0.25) is 4.79 Å². The van der Waals surface area contributed by atoms with Gasteiger partial charge in [0, 0.05) is 0 Å². The first-order chi connectivity index (χ1) is 8.07. The van der Waals surface area contributed by atoms with Gasteiger partial charge in [-0.15, -0.1) is 0 Å². The van der Waals surface area contributed by atoms with Crippen molar-refractivity contribution in [2.75, 3.05) is 0 Å². The average molecular weight is 254 g/mol. The van der Waals surface area contributed by atoms with E-state index >= 15 is 0 Å². The number of hydrogen-bond donors (Lipinski definition) is 1. The van der Waals surface area contributed by atoms with Gasteiger partial charge in [-0.05, 0) is 43.4 Å². The molecule has 0 aromatic heterocycles. The van der Waals surface area contributed by atoms with Crippen LogP contribution in [0.2, 0.25) is 0 Å². The van der Waals surface area contributed by atoms with Crippen LogP contribution in [-0.4, -0.2) is 23.3 Å². The molecule has 0 atom stereocenters. The van der Waals surface area contributed by atoms with Gasteiger partial charge >= 0.3 is 5.97 Å². The van der Waals surface area contributed by atoms with Crippen LogP contribution >= 0.6 is 0 Å². The van der Waals surface area contributed by atoms with Crippen LogP contribution in [0.4, 0.5) is 0 Å². The molecule has 3 nitrogen and oxygen atoms in total. The fraction of sp³-hybridized carbons (Fsp3) is 0.933. The molecular formula is C15H26O3. The Labute approximate surface area is 110 Å². The third-order valence-corrected chi connectivity index (χ3v) is 4.75. The maximum Gasteiger partial charge on any atom is 0.312 e. The van der Waals surface area contributed by atoms with Crippen molar-refractivity contribution in [2.24, 2.45) is 16.2 Å². The summed E-state index contributed by atoms with van der Waals surface area (Å²) in [4.78, 5) is 12.0. The van der Waals surface area contributed by atoms with Gasteiger partial charge in [0.05, 0.1) is 11.5 Å². The Kier molecular flexibility index (Phi) is 3.05. The van der Waals surface area contributed by atoms with E-state index < -0.39 is 0 Å². The summed E-state index contributed by atoms with van der Waals surface area (Å²) in [7, 11) is 0. The Morgan fingerprint density at radius 2 is 1.50 bits per heavy atom. The molecule has 2 aliphatic rings. The zero-order valence-corrected chi connectivity index (χ0v) is 12.2. The minimum atomic E-state index is -0.350. The van der Waals surface area contributed by atoms with Gasteiger partial charge in [0.2, 0.25) is 0 Å². The summed E-state index contributed by atoms with van der Waals surface area (Å²) >= 11 is 0. The van der Waals surface area contributed by atoms with Crippen LogP contribution in [0.15, 0.2) is 0 Å². The molecule has 2 saturated carbocycles. The lowest BCUT2D eigenvalue weighted by Crippen LogP contribution is -2.51. The molecule has 1 N–H and O–H groups in total. The van der Waals surface area contributed by atoms with Crippen LogP contribution in [0.25, 0.3) is 0 Å². The highest BCUT2D eigenvalue weighted by molar-refractivity contribution is 5.79. The van der Waals surface area contributed by atoms with Crippen molar-refractivity contribution in [3.8, 4) is 0 Å². The van der Waals surface area contributed by atoms with Gasteiger partial charge in [0.15, 0.2) is 0 Å². The lowest BCUT2D eigenvalue weighted by atomic mass is 9.62. The molecule has 0 radical (unpaired) electrons. The van der Waals surface area contributed by atoms with Gasteiger partial charge in [-0.25, -0.2) is 0 Å². The summed E-state index contributed by atoms with van der Waals surface area (Å²) in [5.74, 6) is -0.0458. The fourth-order valence-electron chi connectivity index (χ4n) is 3.30. The molecule has 3 heteroatoms. The van der Waals surface area contributed by atoms with E-state index in [0.717, 1.165) is 25.7 Å². The quantitative estimate of drug-likeness (QED) is 0.771. The van der Waals surface area contributed by atoms with Crippen LogP contribution in [-0.2, 0) is 9.53 Å². The predicted molar refractivity (Wildman–Crippen MR) is 70.0 cm³/mol. The molecule has 0 saturated heterocycles. The molecule has 0 aliphatic heterocycles. The van der Waals surface area contributed by atoms with Crippen molar-refractivity contribution in [3.63, 3.8) is 0 Å². The molecule has 0 spiro atoms. The summed E-state index contributed by atoms with van der Waals surface area (Å²) < 4.78 is 5.69. The van der Waals surface area contributed by atoms with Crippen molar-refractivity contribution in [1.82, 2.24) is 0 Å².